The number of carbonyl (C=O) groups is 1. The molecule has 0 saturated heterocycles. The number of hydrogen-bond donors (Lipinski definition) is 1. The van der Waals surface area contributed by atoms with Gasteiger partial charge in [-0.2, -0.15) is 0 Å². The molecular formula is C14H18N2OS. The molecule has 0 saturated carbocycles. The van der Waals surface area contributed by atoms with E-state index < -0.39 is 0 Å². The number of aromatic nitrogens is 1. The summed E-state index contributed by atoms with van der Waals surface area (Å²) >= 11 is 1.61. The topological polar surface area (TPSA) is 42.0 Å². The number of nitrogens with one attached hydrogen (secondary N) is 1. The van der Waals surface area contributed by atoms with Gasteiger partial charge in [-0.3, -0.25) is 4.79 Å². The van der Waals surface area contributed by atoms with Crippen LogP contribution in [-0.4, -0.2) is 23.4 Å². The molecule has 0 amide bonds. The van der Waals surface area contributed by atoms with E-state index in [1.165, 1.54) is 0 Å². The average Bonchev–Trinajstić information content (AvgIpc) is 2.77. The SMILES string of the molecule is CCC(C)NCC(=O)Cc1nc2ccccc2s1. The first-order valence-corrected chi connectivity index (χ1v) is 7.10. The van der Waals surface area contributed by atoms with Gasteiger partial charge in [-0.25, -0.2) is 4.98 Å². The van der Waals surface area contributed by atoms with Crippen LogP contribution in [0.15, 0.2) is 24.3 Å². The number of benzene rings is 1. The smallest absolute Gasteiger partial charge is 0.153 e. The van der Waals surface area contributed by atoms with Gasteiger partial charge < -0.3 is 5.32 Å². The molecule has 2 aromatic rings. The summed E-state index contributed by atoms with van der Waals surface area (Å²) in [4.78, 5) is 16.3. The number of ketones is 1. The van der Waals surface area contributed by atoms with Crippen molar-refractivity contribution in [2.45, 2.75) is 32.7 Å². The Labute approximate surface area is 111 Å². The Kier molecular flexibility index (Phi) is 4.44. The fourth-order valence-corrected chi connectivity index (χ4v) is 2.65. The summed E-state index contributed by atoms with van der Waals surface area (Å²) in [6.07, 6.45) is 1.47. The summed E-state index contributed by atoms with van der Waals surface area (Å²) in [7, 11) is 0. The molecule has 1 aromatic heterocycles. The zero-order chi connectivity index (χ0) is 13.0. The first kappa shape index (κ1) is 13.2. The third kappa shape index (κ3) is 3.37. The van der Waals surface area contributed by atoms with E-state index in [0.29, 0.717) is 19.0 Å². The number of hydrogen-bond acceptors (Lipinski definition) is 4. The minimum Gasteiger partial charge on any atom is -0.307 e. The van der Waals surface area contributed by atoms with Gasteiger partial charge in [0.25, 0.3) is 0 Å². The molecule has 0 spiro atoms. The molecule has 0 radical (unpaired) electrons. The number of para-hydroxylation sites is 1. The molecular weight excluding hydrogens is 244 g/mol. The van der Waals surface area contributed by atoms with Crippen LogP contribution in [0.4, 0.5) is 0 Å². The number of rotatable bonds is 6. The summed E-state index contributed by atoms with van der Waals surface area (Å²) in [5.74, 6) is 0.203. The Morgan fingerprint density at radius 3 is 2.94 bits per heavy atom. The maximum absolute atomic E-state index is 11.8. The summed E-state index contributed by atoms with van der Waals surface area (Å²) < 4.78 is 1.15. The minimum absolute atomic E-state index is 0.203. The Morgan fingerprint density at radius 2 is 2.22 bits per heavy atom. The van der Waals surface area contributed by atoms with Gasteiger partial charge in [0.2, 0.25) is 0 Å². The largest absolute Gasteiger partial charge is 0.307 e. The van der Waals surface area contributed by atoms with Crippen LogP contribution in [0.2, 0.25) is 0 Å². The molecule has 0 aliphatic heterocycles. The van der Waals surface area contributed by atoms with Gasteiger partial charge in [0.15, 0.2) is 5.78 Å². The van der Waals surface area contributed by atoms with Crippen molar-refractivity contribution >= 4 is 27.3 Å². The van der Waals surface area contributed by atoms with Crippen LogP contribution in [0.5, 0.6) is 0 Å². The monoisotopic (exact) mass is 262 g/mol. The molecule has 1 atom stereocenters. The van der Waals surface area contributed by atoms with E-state index in [1.807, 2.05) is 24.3 Å². The van der Waals surface area contributed by atoms with Crippen molar-refractivity contribution < 1.29 is 4.79 Å². The summed E-state index contributed by atoms with van der Waals surface area (Å²) in [6.45, 7) is 4.63. The van der Waals surface area contributed by atoms with E-state index in [9.17, 15) is 4.79 Å². The average molecular weight is 262 g/mol. The molecule has 18 heavy (non-hydrogen) atoms. The predicted octanol–water partition coefficient (Wildman–Crippen LogP) is 2.80. The Balaban J connectivity index is 1.94. The van der Waals surface area contributed by atoms with Crippen molar-refractivity contribution in [2.75, 3.05) is 6.54 Å². The molecule has 0 aliphatic rings. The Hall–Kier alpha value is -1.26. The molecule has 1 heterocycles. The lowest BCUT2D eigenvalue weighted by atomic mass is 10.2. The van der Waals surface area contributed by atoms with Crippen molar-refractivity contribution in [3.8, 4) is 0 Å². The van der Waals surface area contributed by atoms with E-state index >= 15 is 0 Å². The number of thiazole rings is 1. The van der Waals surface area contributed by atoms with E-state index in [4.69, 9.17) is 0 Å². The highest BCUT2D eigenvalue weighted by atomic mass is 32.1. The number of Topliss-reactive ketones (excluding diaryl/α,β-unsaturated/α-hetero) is 1. The Morgan fingerprint density at radius 1 is 1.44 bits per heavy atom. The minimum atomic E-state index is 0.203. The van der Waals surface area contributed by atoms with Gasteiger partial charge in [0, 0.05) is 6.04 Å². The lowest BCUT2D eigenvalue weighted by Gasteiger charge is -2.09. The molecule has 0 aliphatic carbocycles. The molecule has 2 rings (SSSR count). The van der Waals surface area contributed by atoms with Crippen LogP contribution in [0.3, 0.4) is 0 Å². The van der Waals surface area contributed by atoms with Gasteiger partial charge in [0.1, 0.15) is 5.01 Å². The zero-order valence-corrected chi connectivity index (χ0v) is 11.6. The van der Waals surface area contributed by atoms with Gasteiger partial charge in [0.05, 0.1) is 23.2 Å². The molecule has 3 nitrogen and oxygen atoms in total. The highest BCUT2D eigenvalue weighted by Crippen LogP contribution is 2.21. The van der Waals surface area contributed by atoms with Gasteiger partial charge >= 0.3 is 0 Å². The maximum atomic E-state index is 11.8. The lowest BCUT2D eigenvalue weighted by Crippen LogP contribution is -2.31. The third-order valence-electron chi connectivity index (χ3n) is 2.95. The fourth-order valence-electron chi connectivity index (χ4n) is 1.66. The first-order valence-electron chi connectivity index (χ1n) is 6.28. The van der Waals surface area contributed by atoms with Gasteiger partial charge in [-0.1, -0.05) is 19.1 Å². The molecule has 96 valence electrons. The first-order chi connectivity index (χ1) is 8.69. The molecule has 4 heteroatoms. The van der Waals surface area contributed by atoms with Gasteiger partial charge in [-0.05, 0) is 25.5 Å². The van der Waals surface area contributed by atoms with Crippen molar-refractivity contribution in [1.82, 2.24) is 10.3 Å². The molecule has 0 bridgehead atoms. The summed E-state index contributed by atoms with van der Waals surface area (Å²) in [6, 6.07) is 8.38. The second-order valence-electron chi connectivity index (χ2n) is 4.48. The van der Waals surface area contributed by atoms with E-state index in [-0.39, 0.29) is 5.78 Å². The molecule has 1 unspecified atom stereocenters. The highest BCUT2D eigenvalue weighted by Gasteiger charge is 2.09. The summed E-state index contributed by atoms with van der Waals surface area (Å²) in [5, 5.41) is 4.12. The van der Waals surface area contributed by atoms with E-state index in [1.54, 1.807) is 11.3 Å². The van der Waals surface area contributed by atoms with Crippen LogP contribution < -0.4 is 5.32 Å². The summed E-state index contributed by atoms with van der Waals surface area (Å²) in [5.41, 5.74) is 0.986. The fraction of sp³-hybridized carbons (Fsp3) is 0.429. The van der Waals surface area contributed by atoms with Crippen LogP contribution in [0, 0.1) is 0 Å². The zero-order valence-electron chi connectivity index (χ0n) is 10.8. The van der Waals surface area contributed by atoms with Gasteiger partial charge in [-0.15, -0.1) is 11.3 Å². The van der Waals surface area contributed by atoms with Crippen molar-refractivity contribution in [3.63, 3.8) is 0 Å². The second kappa shape index (κ2) is 6.07. The molecule has 1 aromatic carbocycles. The lowest BCUT2D eigenvalue weighted by molar-refractivity contribution is -0.117. The number of fused-ring (bicyclic) bond motifs is 1. The van der Waals surface area contributed by atoms with Crippen LogP contribution in [0.25, 0.3) is 10.2 Å². The Bertz CT molecular complexity index is 502. The second-order valence-corrected chi connectivity index (χ2v) is 5.60. The molecule has 1 N–H and O–H groups in total. The number of nitrogens with zero attached hydrogens (tertiary/aromatic N) is 1. The highest BCUT2D eigenvalue weighted by molar-refractivity contribution is 7.18. The van der Waals surface area contributed by atoms with Crippen molar-refractivity contribution in [3.05, 3.63) is 29.3 Å². The predicted molar refractivity (Wildman–Crippen MR) is 76.1 cm³/mol. The van der Waals surface area contributed by atoms with Crippen LogP contribution in [-0.2, 0) is 11.2 Å². The molecule has 0 fully saturated rings. The standard InChI is InChI=1S/C14H18N2OS/c1-3-10(2)15-9-11(17)8-14-16-12-6-4-5-7-13(12)18-14/h4-7,10,15H,3,8-9H2,1-2H3. The quantitative estimate of drug-likeness (QED) is 0.870. The van der Waals surface area contributed by atoms with Crippen LogP contribution >= 0.6 is 11.3 Å². The van der Waals surface area contributed by atoms with E-state index in [0.717, 1.165) is 21.6 Å². The van der Waals surface area contributed by atoms with Crippen LogP contribution in [0.1, 0.15) is 25.3 Å². The van der Waals surface area contributed by atoms with E-state index in [2.05, 4.69) is 24.1 Å². The number of carbonyl (C=O) groups excluding carboxylic acids is 1. The normalized spacial score (nSPS) is 12.8. The van der Waals surface area contributed by atoms with Crippen molar-refractivity contribution in [1.29, 1.82) is 0 Å². The third-order valence-corrected chi connectivity index (χ3v) is 3.98. The van der Waals surface area contributed by atoms with Crippen molar-refractivity contribution in [2.24, 2.45) is 0 Å². The maximum Gasteiger partial charge on any atom is 0.153 e.